The summed E-state index contributed by atoms with van der Waals surface area (Å²) in [7, 11) is 0. The van der Waals surface area contributed by atoms with Crippen LogP contribution < -0.4 is 0 Å². The van der Waals surface area contributed by atoms with Crippen LogP contribution in [-0.2, 0) is 0 Å². The maximum absolute atomic E-state index is 3.77. The lowest BCUT2D eigenvalue weighted by Crippen LogP contribution is -1.88. The van der Waals surface area contributed by atoms with Crippen molar-refractivity contribution < 1.29 is 0 Å². The van der Waals surface area contributed by atoms with Crippen molar-refractivity contribution in [1.29, 1.82) is 0 Å². The highest BCUT2D eigenvalue weighted by Crippen LogP contribution is 2.43. The highest BCUT2D eigenvalue weighted by atomic mass is 79.9. The van der Waals surface area contributed by atoms with Crippen molar-refractivity contribution in [2.75, 3.05) is 0 Å². The largest absolute Gasteiger partial charge is 0.0532 e. The highest BCUT2D eigenvalue weighted by Gasteiger charge is 2.15. The Balaban J connectivity index is 2.17. The van der Waals surface area contributed by atoms with Crippen LogP contribution in [0.1, 0.15) is 0 Å². The molecule has 4 heteroatoms. The molecule has 0 radical (unpaired) electrons. The number of fused-ring (bicyclic) bond motifs is 2. The average molecular weight is 570 g/mol. The van der Waals surface area contributed by atoms with Gasteiger partial charge in [0, 0.05) is 29.0 Å². The van der Waals surface area contributed by atoms with Gasteiger partial charge in [-0.2, -0.15) is 0 Å². The van der Waals surface area contributed by atoms with E-state index < -0.39 is 0 Å². The standard InChI is InChI=1S/C20H10Br4/c21-13-3-5-15-11(9-13)1-7-17(23)19(15)20-16-6-4-14(22)10-12(16)2-8-18(20)24/h1-10H. The summed E-state index contributed by atoms with van der Waals surface area (Å²) in [5.41, 5.74) is 2.42. The molecule has 0 fully saturated rings. The van der Waals surface area contributed by atoms with Crippen molar-refractivity contribution in [3.8, 4) is 11.1 Å². The lowest BCUT2D eigenvalue weighted by atomic mass is 9.94. The molecule has 0 bridgehead atoms. The molecule has 4 aromatic carbocycles. The number of hydrogen-bond acceptors (Lipinski definition) is 0. The minimum atomic E-state index is 1.09. The first-order valence-corrected chi connectivity index (χ1v) is 10.5. The third-order valence-electron chi connectivity index (χ3n) is 4.11. The summed E-state index contributed by atoms with van der Waals surface area (Å²) in [6.07, 6.45) is 0. The summed E-state index contributed by atoms with van der Waals surface area (Å²) < 4.78 is 4.36. The Labute approximate surface area is 173 Å². The molecular weight excluding hydrogens is 560 g/mol. The van der Waals surface area contributed by atoms with Gasteiger partial charge < -0.3 is 0 Å². The topological polar surface area (TPSA) is 0 Å². The average Bonchev–Trinajstić information content (AvgIpc) is 2.56. The Morgan fingerprint density at radius 2 is 0.875 bits per heavy atom. The summed E-state index contributed by atoms with van der Waals surface area (Å²) in [6.45, 7) is 0. The molecule has 0 aliphatic carbocycles. The van der Waals surface area contributed by atoms with Gasteiger partial charge in [0.05, 0.1) is 0 Å². The van der Waals surface area contributed by atoms with Gasteiger partial charge in [0.15, 0.2) is 0 Å². The summed E-state index contributed by atoms with van der Waals surface area (Å²) >= 11 is 14.7. The van der Waals surface area contributed by atoms with Crippen LogP contribution in [0.5, 0.6) is 0 Å². The molecule has 0 nitrogen and oxygen atoms in total. The smallest absolute Gasteiger partial charge is 0.0260 e. The Hall–Kier alpha value is -0.680. The minimum absolute atomic E-state index is 1.09. The van der Waals surface area contributed by atoms with Crippen molar-refractivity contribution >= 4 is 85.3 Å². The van der Waals surface area contributed by atoms with Crippen LogP contribution in [0.3, 0.4) is 0 Å². The molecule has 118 valence electrons. The van der Waals surface area contributed by atoms with Crippen LogP contribution in [0.15, 0.2) is 78.6 Å². The lowest BCUT2D eigenvalue weighted by Gasteiger charge is -2.15. The second-order valence-electron chi connectivity index (χ2n) is 5.58. The van der Waals surface area contributed by atoms with Gasteiger partial charge in [-0.05, 0) is 57.9 Å². The predicted molar refractivity (Wildman–Crippen MR) is 118 cm³/mol. The van der Waals surface area contributed by atoms with Crippen LogP contribution >= 0.6 is 63.7 Å². The van der Waals surface area contributed by atoms with E-state index in [1.54, 1.807) is 0 Å². The van der Waals surface area contributed by atoms with E-state index in [0.717, 1.165) is 17.9 Å². The van der Waals surface area contributed by atoms with E-state index >= 15 is 0 Å². The summed E-state index contributed by atoms with van der Waals surface area (Å²) in [5.74, 6) is 0. The normalized spacial score (nSPS) is 11.3. The molecule has 24 heavy (non-hydrogen) atoms. The molecule has 0 saturated heterocycles. The summed E-state index contributed by atoms with van der Waals surface area (Å²) in [5, 5.41) is 4.87. The molecule has 0 aliphatic heterocycles. The van der Waals surface area contributed by atoms with E-state index in [-0.39, 0.29) is 0 Å². The fourth-order valence-corrected chi connectivity index (χ4v) is 4.90. The van der Waals surface area contributed by atoms with Crippen LogP contribution in [0.2, 0.25) is 0 Å². The van der Waals surface area contributed by atoms with Gasteiger partial charge in [-0.25, -0.2) is 0 Å². The molecular formula is C20H10Br4. The van der Waals surface area contributed by atoms with Gasteiger partial charge in [0.25, 0.3) is 0 Å². The van der Waals surface area contributed by atoms with E-state index in [9.17, 15) is 0 Å². The first kappa shape index (κ1) is 16.8. The second-order valence-corrected chi connectivity index (χ2v) is 9.12. The molecule has 0 saturated carbocycles. The maximum Gasteiger partial charge on any atom is 0.0260 e. The van der Waals surface area contributed by atoms with Gasteiger partial charge >= 0.3 is 0 Å². The zero-order valence-electron chi connectivity index (χ0n) is 12.3. The van der Waals surface area contributed by atoms with Gasteiger partial charge in [0.2, 0.25) is 0 Å². The van der Waals surface area contributed by atoms with E-state index in [1.165, 1.54) is 32.7 Å². The molecule has 0 atom stereocenters. The van der Waals surface area contributed by atoms with Gasteiger partial charge in [-0.3, -0.25) is 0 Å². The molecule has 0 aromatic heterocycles. The molecule has 0 heterocycles. The lowest BCUT2D eigenvalue weighted by molar-refractivity contribution is 1.61. The van der Waals surface area contributed by atoms with E-state index in [4.69, 9.17) is 0 Å². The molecule has 4 aromatic rings. The Morgan fingerprint density at radius 3 is 1.29 bits per heavy atom. The SMILES string of the molecule is Brc1ccc2c(-c3c(Br)ccc4cc(Br)ccc34)c(Br)ccc2c1. The fourth-order valence-electron chi connectivity index (χ4n) is 3.06. The number of rotatable bonds is 1. The van der Waals surface area contributed by atoms with Gasteiger partial charge in [-0.15, -0.1) is 0 Å². The van der Waals surface area contributed by atoms with Crippen molar-refractivity contribution in [3.63, 3.8) is 0 Å². The van der Waals surface area contributed by atoms with Gasteiger partial charge in [0.1, 0.15) is 0 Å². The number of benzene rings is 4. The number of hydrogen-bond donors (Lipinski definition) is 0. The Kier molecular flexibility index (Phi) is 4.59. The van der Waals surface area contributed by atoms with Crippen molar-refractivity contribution in [2.45, 2.75) is 0 Å². The van der Waals surface area contributed by atoms with Crippen LogP contribution in [0.25, 0.3) is 32.7 Å². The Bertz CT molecular complexity index is 1010. The van der Waals surface area contributed by atoms with Crippen molar-refractivity contribution in [1.82, 2.24) is 0 Å². The van der Waals surface area contributed by atoms with Crippen LogP contribution in [0.4, 0.5) is 0 Å². The van der Waals surface area contributed by atoms with E-state index in [2.05, 4.69) is 124 Å². The van der Waals surface area contributed by atoms with E-state index in [0.29, 0.717) is 0 Å². The summed E-state index contributed by atoms with van der Waals surface area (Å²) in [4.78, 5) is 0. The third kappa shape index (κ3) is 2.88. The third-order valence-corrected chi connectivity index (χ3v) is 6.42. The fraction of sp³-hybridized carbons (Fsp3) is 0. The molecule has 0 spiro atoms. The molecule has 0 aliphatic rings. The highest BCUT2D eigenvalue weighted by molar-refractivity contribution is 9.11. The second kappa shape index (κ2) is 6.56. The predicted octanol–water partition coefficient (Wildman–Crippen LogP) is 8.71. The van der Waals surface area contributed by atoms with E-state index in [1.807, 2.05) is 0 Å². The molecule has 0 unspecified atom stereocenters. The maximum atomic E-state index is 3.77. The Morgan fingerprint density at radius 1 is 0.458 bits per heavy atom. The first-order valence-electron chi connectivity index (χ1n) is 7.30. The molecule has 4 rings (SSSR count). The first-order chi connectivity index (χ1) is 11.5. The molecule has 0 N–H and O–H groups in total. The van der Waals surface area contributed by atoms with Crippen molar-refractivity contribution in [2.24, 2.45) is 0 Å². The quantitative estimate of drug-likeness (QED) is 0.215. The number of halogens is 4. The zero-order valence-corrected chi connectivity index (χ0v) is 18.6. The zero-order chi connectivity index (χ0) is 16.8. The summed E-state index contributed by atoms with van der Waals surface area (Å²) in [6, 6.07) is 21.4. The van der Waals surface area contributed by atoms with Gasteiger partial charge in [-0.1, -0.05) is 88.0 Å². The monoisotopic (exact) mass is 566 g/mol. The minimum Gasteiger partial charge on any atom is -0.0532 e. The van der Waals surface area contributed by atoms with Crippen LogP contribution in [0, 0.1) is 0 Å². The molecule has 0 amide bonds. The van der Waals surface area contributed by atoms with Crippen LogP contribution in [-0.4, -0.2) is 0 Å². The van der Waals surface area contributed by atoms with Crippen molar-refractivity contribution in [3.05, 3.63) is 78.6 Å².